The lowest BCUT2D eigenvalue weighted by Crippen LogP contribution is -2.26. The molecular weight excluding hydrogens is 328 g/mol. The highest BCUT2D eigenvalue weighted by molar-refractivity contribution is 7.89. The maximum atomic E-state index is 12.7. The molecule has 0 aliphatic carbocycles. The Balaban J connectivity index is 2.35. The van der Waals surface area contributed by atoms with Gasteiger partial charge in [-0.25, -0.2) is 8.42 Å². The van der Waals surface area contributed by atoms with E-state index in [-0.39, 0.29) is 11.4 Å². The number of ether oxygens (including phenoxy) is 2. The monoisotopic (exact) mass is 346 g/mol. The minimum Gasteiger partial charge on any atom is -0.493 e. The van der Waals surface area contributed by atoms with Crippen LogP contribution in [0.3, 0.4) is 0 Å². The minimum absolute atomic E-state index is 0.0749. The van der Waals surface area contributed by atoms with Crippen LogP contribution in [0.15, 0.2) is 47.4 Å². The zero-order valence-corrected chi connectivity index (χ0v) is 14.5. The summed E-state index contributed by atoms with van der Waals surface area (Å²) in [6.07, 6.45) is 0. The molecule has 0 fully saturated rings. The largest absolute Gasteiger partial charge is 0.493 e. The first kappa shape index (κ1) is 17.8. The molecule has 24 heavy (non-hydrogen) atoms. The third-order valence-corrected chi connectivity index (χ3v) is 5.35. The molecule has 2 aromatic carbocycles. The van der Waals surface area contributed by atoms with Gasteiger partial charge < -0.3 is 9.47 Å². The zero-order chi connectivity index (χ0) is 17.7. The van der Waals surface area contributed by atoms with Gasteiger partial charge in [0.15, 0.2) is 11.5 Å². The van der Waals surface area contributed by atoms with Crippen LogP contribution < -0.4 is 9.47 Å². The molecule has 2 rings (SSSR count). The summed E-state index contributed by atoms with van der Waals surface area (Å²) in [5, 5.41) is 8.94. The molecule has 2 aromatic rings. The second-order valence-electron chi connectivity index (χ2n) is 5.05. The van der Waals surface area contributed by atoms with Crippen molar-refractivity contribution in [3.8, 4) is 17.6 Å². The van der Waals surface area contributed by atoms with Crippen LogP contribution in [0.5, 0.6) is 11.5 Å². The summed E-state index contributed by atoms with van der Waals surface area (Å²) in [4.78, 5) is 0.0749. The molecule has 0 atom stereocenters. The summed E-state index contributed by atoms with van der Waals surface area (Å²) in [6, 6.07) is 13.2. The smallest absolute Gasteiger partial charge is 0.243 e. The first-order chi connectivity index (χ1) is 11.4. The van der Waals surface area contributed by atoms with E-state index >= 15 is 0 Å². The van der Waals surface area contributed by atoms with Crippen molar-refractivity contribution in [1.82, 2.24) is 4.31 Å². The molecule has 0 N–H and O–H groups in total. The summed E-state index contributed by atoms with van der Waals surface area (Å²) in [6.45, 7) is 0.111. The fourth-order valence-electron chi connectivity index (χ4n) is 2.31. The molecule has 0 spiro atoms. The van der Waals surface area contributed by atoms with E-state index in [0.29, 0.717) is 22.6 Å². The third-order valence-electron chi connectivity index (χ3n) is 3.55. The summed E-state index contributed by atoms with van der Waals surface area (Å²) in [5.41, 5.74) is 0.975. The number of sulfonamides is 1. The van der Waals surface area contributed by atoms with Gasteiger partial charge in [0.2, 0.25) is 10.0 Å². The van der Waals surface area contributed by atoms with E-state index in [0.717, 1.165) is 0 Å². The maximum absolute atomic E-state index is 12.7. The maximum Gasteiger partial charge on any atom is 0.243 e. The van der Waals surface area contributed by atoms with Crippen molar-refractivity contribution in [3.05, 3.63) is 53.6 Å². The Morgan fingerprint density at radius 1 is 1.12 bits per heavy atom. The van der Waals surface area contributed by atoms with Crippen molar-refractivity contribution >= 4 is 10.0 Å². The van der Waals surface area contributed by atoms with Gasteiger partial charge >= 0.3 is 0 Å². The van der Waals surface area contributed by atoms with Crippen LogP contribution in [0.1, 0.15) is 11.1 Å². The number of rotatable bonds is 6. The standard InChI is InChI=1S/C17H18N2O4S/c1-19(12-14-7-5-9-16(22-2)17(14)23-3)24(20,21)15-8-4-6-13(10-15)11-18/h4-10H,12H2,1-3H3. The Morgan fingerprint density at radius 3 is 2.46 bits per heavy atom. The molecule has 0 aliphatic heterocycles. The molecule has 0 saturated heterocycles. The van der Waals surface area contributed by atoms with Crippen LogP contribution in [0.4, 0.5) is 0 Å². The lowest BCUT2D eigenvalue weighted by Gasteiger charge is -2.19. The van der Waals surface area contributed by atoms with Crippen LogP contribution in [-0.4, -0.2) is 34.0 Å². The Labute approximate surface area is 141 Å². The minimum atomic E-state index is -3.73. The van der Waals surface area contributed by atoms with Crippen molar-refractivity contribution in [1.29, 1.82) is 5.26 Å². The molecule has 6 nitrogen and oxygen atoms in total. The van der Waals surface area contributed by atoms with E-state index < -0.39 is 10.0 Å². The normalized spacial score (nSPS) is 11.1. The molecule has 7 heteroatoms. The van der Waals surface area contributed by atoms with E-state index in [1.54, 1.807) is 30.3 Å². The molecular formula is C17H18N2O4S. The molecule has 0 unspecified atom stereocenters. The summed E-state index contributed by atoms with van der Waals surface area (Å²) < 4.78 is 37.2. The molecule has 0 amide bonds. The second-order valence-corrected chi connectivity index (χ2v) is 7.10. The average molecular weight is 346 g/mol. The van der Waals surface area contributed by atoms with Gasteiger partial charge in [-0.3, -0.25) is 0 Å². The third kappa shape index (κ3) is 3.50. The predicted molar refractivity (Wildman–Crippen MR) is 89.4 cm³/mol. The van der Waals surface area contributed by atoms with E-state index in [1.165, 1.54) is 37.7 Å². The van der Waals surface area contributed by atoms with Gasteiger partial charge in [0.1, 0.15) is 0 Å². The van der Waals surface area contributed by atoms with Crippen LogP contribution in [0.25, 0.3) is 0 Å². The van der Waals surface area contributed by atoms with Gasteiger partial charge in [-0.15, -0.1) is 0 Å². The van der Waals surface area contributed by atoms with Crippen LogP contribution >= 0.6 is 0 Å². The van der Waals surface area contributed by atoms with Gasteiger partial charge in [0.05, 0.1) is 30.7 Å². The number of nitrogens with zero attached hydrogens (tertiary/aromatic N) is 2. The summed E-state index contributed by atoms with van der Waals surface area (Å²) >= 11 is 0. The van der Waals surface area contributed by atoms with Gasteiger partial charge in [0, 0.05) is 19.2 Å². The highest BCUT2D eigenvalue weighted by Crippen LogP contribution is 2.32. The fraction of sp³-hybridized carbons (Fsp3) is 0.235. The highest BCUT2D eigenvalue weighted by Gasteiger charge is 2.23. The second kappa shape index (κ2) is 7.34. The molecule has 0 bridgehead atoms. The lowest BCUT2D eigenvalue weighted by atomic mass is 10.2. The van der Waals surface area contributed by atoms with Gasteiger partial charge in [-0.1, -0.05) is 18.2 Å². The summed E-state index contributed by atoms with van der Waals surface area (Å²) in [7, 11) is 0.780. The van der Waals surface area contributed by atoms with Crippen molar-refractivity contribution in [2.75, 3.05) is 21.3 Å². The average Bonchev–Trinajstić information content (AvgIpc) is 2.61. The first-order valence-electron chi connectivity index (χ1n) is 7.10. The summed E-state index contributed by atoms with van der Waals surface area (Å²) in [5.74, 6) is 1.03. The van der Waals surface area contributed by atoms with Crippen molar-refractivity contribution in [2.24, 2.45) is 0 Å². The van der Waals surface area contributed by atoms with Gasteiger partial charge in [0.25, 0.3) is 0 Å². The number of hydrogen-bond acceptors (Lipinski definition) is 5. The molecule has 0 saturated carbocycles. The number of hydrogen-bond donors (Lipinski definition) is 0. The van der Waals surface area contributed by atoms with E-state index in [2.05, 4.69) is 0 Å². The quantitative estimate of drug-likeness (QED) is 0.802. The molecule has 0 radical (unpaired) electrons. The van der Waals surface area contributed by atoms with Crippen LogP contribution in [0, 0.1) is 11.3 Å². The van der Waals surface area contributed by atoms with Gasteiger partial charge in [-0.05, 0) is 24.3 Å². The number of para-hydroxylation sites is 1. The SMILES string of the molecule is COc1cccc(CN(C)S(=O)(=O)c2cccc(C#N)c2)c1OC. The van der Waals surface area contributed by atoms with Crippen LogP contribution in [0.2, 0.25) is 0 Å². The number of nitriles is 1. The fourth-order valence-corrected chi connectivity index (χ4v) is 3.50. The molecule has 0 heterocycles. The lowest BCUT2D eigenvalue weighted by molar-refractivity contribution is 0.347. The van der Waals surface area contributed by atoms with E-state index in [1.807, 2.05) is 6.07 Å². The molecule has 0 aromatic heterocycles. The number of methoxy groups -OCH3 is 2. The van der Waals surface area contributed by atoms with E-state index in [4.69, 9.17) is 14.7 Å². The zero-order valence-electron chi connectivity index (χ0n) is 13.7. The first-order valence-corrected chi connectivity index (χ1v) is 8.54. The van der Waals surface area contributed by atoms with E-state index in [9.17, 15) is 8.42 Å². The topological polar surface area (TPSA) is 79.6 Å². The number of benzene rings is 2. The highest BCUT2D eigenvalue weighted by atomic mass is 32.2. The van der Waals surface area contributed by atoms with Crippen molar-refractivity contribution < 1.29 is 17.9 Å². The van der Waals surface area contributed by atoms with Gasteiger partial charge in [-0.2, -0.15) is 9.57 Å². The molecule has 0 aliphatic rings. The molecule has 126 valence electrons. The Morgan fingerprint density at radius 2 is 1.83 bits per heavy atom. The van der Waals surface area contributed by atoms with Crippen molar-refractivity contribution in [2.45, 2.75) is 11.4 Å². The Bertz CT molecular complexity index is 872. The Hall–Kier alpha value is -2.56. The Kier molecular flexibility index (Phi) is 5.44. The van der Waals surface area contributed by atoms with Crippen LogP contribution in [-0.2, 0) is 16.6 Å². The predicted octanol–water partition coefficient (Wildman–Crippen LogP) is 2.40. The van der Waals surface area contributed by atoms with Crippen molar-refractivity contribution in [3.63, 3.8) is 0 Å².